The summed E-state index contributed by atoms with van der Waals surface area (Å²) < 4.78 is 40.9. The average Bonchev–Trinajstić information content (AvgIpc) is 3.03. The van der Waals surface area contributed by atoms with Crippen LogP contribution in [0.15, 0.2) is 24.3 Å². The fourth-order valence-corrected chi connectivity index (χ4v) is 4.74. The van der Waals surface area contributed by atoms with Crippen molar-refractivity contribution < 1.29 is 37.1 Å². The second kappa shape index (κ2) is 9.15. The number of urea groups is 1. The molecule has 1 aromatic rings. The number of benzene rings is 1. The standard InChI is InChI=1S/C22H25F3N4O5/c1-13(30)27-9-6-14(7-10-27)19(31)26-15-8-11-28-18(12-15)20(32)29(21(28)33)16-2-4-17(5-3-16)34-22(23,24)25/h2-5,14-15,18H,6-12H2,1H3,(H,26,31)/t15-,18-/m0/s1. The van der Waals surface area contributed by atoms with E-state index in [2.05, 4.69) is 10.1 Å². The molecule has 9 nitrogen and oxygen atoms in total. The number of rotatable bonds is 4. The molecule has 5 amide bonds. The molecule has 0 bridgehead atoms. The first kappa shape index (κ1) is 23.8. The highest BCUT2D eigenvalue weighted by molar-refractivity contribution is 6.21. The van der Waals surface area contributed by atoms with E-state index in [1.54, 1.807) is 4.90 Å². The van der Waals surface area contributed by atoms with Crippen LogP contribution in [0, 0.1) is 5.92 Å². The zero-order valence-corrected chi connectivity index (χ0v) is 18.5. The highest BCUT2D eigenvalue weighted by Crippen LogP contribution is 2.33. The van der Waals surface area contributed by atoms with Crippen LogP contribution in [0.4, 0.5) is 23.7 Å². The predicted molar refractivity (Wildman–Crippen MR) is 113 cm³/mol. The first-order chi connectivity index (χ1) is 16.0. The first-order valence-corrected chi connectivity index (χ1v) is 11.1. The van der Waals surface area contributed by atoms with Gasteiger partial charge in [0.15, 0.2) is 0 Å². The van der Waals surface area contributed by atoms with Gasteiger partial charge in [-0.2, -0.15) is 0 Å². The maximum atomic E-state index is 13.0. The SMILES string of the molecule is CC(=O)N1CCC(C(=O)N[C@H]2CCN3C(=O)N(c4ccc(OC(F)(F)F)cc4)C(=O)[C@@H]3C2)CC1. The summed E-state index contributed by atoms with van der Waals surface area (Å²) in [5, 5.41) is 2.99. The molecule has 0 unspecified atom stereocenters. The number of hydrogen-bond acceptors (Lipinski definition) is 5. The number of nitrogens with zero attached hydrogens (tertiary/aromatic N) is 3. The zero-order chi connectivity index (χ0) is 24.6. The highest BCUT2D eigenvalue weighted by atomic mass is 19.4. The Morgan fingerprint density at radius 1 is 1.03 bits per heavy atom. The van der Waals surface area contributed by atoms with Crippen molar-refractivity contribution in [2.45, 2.75) is 51.1 Å². The number of halogens is 3. The van der Waals surface area contributed by atoms with Gasteiger partial charge in [-0.25, -0.2) is 9.69 Å². The summed E-state index contributed by atoms with van der Waals surface area (Å²) in [6.07, 6.45) is -2.95. The maximum Gasteiger partial charge on any atom is 0.573 e. The van der Waals surface area contributed by atoms with Gasteiger partial charge in [0, 0.05) is 38.5 Å². The number of anilines is 1. The van der Waals surface area contributed by atoms with Gasteiger partial charge in [0.05, 0.1) is 5.69 Å². The number of fused-ring (bicyclic) bond motifs is 1. The number of hydrogen-bond donors (Lipinski definition) is 1. The summed E-state index contributed by atoms with van der Waals surface area (Å²) in [5.74, 6) is -1.27. The Balaban J connectivity index is 1.36. The molecule has 12 heteroatoms. The molecule has 3 aliphatic rings. The molecule has 34 heavy (non-hydrogen) atoms. The molecule has 0 aromatic heterocycles. The number of carbonyl (C=O) groups excluding carboxylic acids is 4. The lowest BCUT2D eigenvalue weighted by molar-refractivity contribution is -0.274. The van der Waals surface area contributed by atoms with Crippen LogP contribution in [0.25, 0.3) is 0 Å². The number of imide groups is 1. The molecule has 184 valence electrons. The Labute approximate surface area is 193 Å². The number of amides is 5. The molecule has 1 aromatic carbocycles. The molecular formula is C22H25F3N4O5. The van der Waals surface area contributed by atoms with Gasteiger partial charge in [-0.15, -0.1) is 13.2 Å². The molecule has 0 radical (unpaired) electrons. The van der Waals surface area contributed by atoms with Gasteiger partial charge < -0.3 is 19.9 Å². The van der Waals surface area contributed by atoms with Crippen LogP contribution in [0.1, 0.15) is 32.6 Å². The number of alkyl halides is 3. The average molecular weight is 482 g/mol. The number of piperidine rings is 2. The lowest BCUT2D eigenvalue weighted by atomic mass is 9.93. The second-order valence-electron chi connectivity index (χ2n) is 8.72. The predicted octanol–water partition coefficient (Wildman–Crippen LogP) is 2.26. The summed E-state index contributed by atoms with van der Waals surface area (Å²) in [6, 6.07) is 2.96. The van der Waals surface area contributed by atoms with E-state index in [-0.39, 0.29) is 42.4 Å². The molecule has 3 fully saturated rings. The summed E-state index contributed by atoms with van der Waals surface area (Å²) >= 11 is 0. The van der Waals surface area contributed by atoms with Crippen LogP contribution < -0.4 is 15.0 Å². The molecule has 3 aliphatic heterocycles. The van der Waals surface area contributed by atoms with Gasteiger partial charge in [0.2, 0.25) is 11.8 Å². The zero-order valence-electron chi connectivity index (χ0n) is 18.5. The fourth-order valence-electron chi connectivity index (χ4n) is 4.74. The molecular weight excluding hydrogens is 457 g/mol. The molecule has 1 N–H and O–H groups in total. The minimum absolute atomic E-state index is 0.0114. The van der Waals surface area contributed by atoms with Gasteiger partial charge in [-0.1, -0.05) is 0 Å². The fraction of sp³-hybridized carbons (Fsp3) is 0.545. The Hall–Kier alpha value is -3.31. The number of nitrogens with one attached hydrogen (secondary N) is 1. The smallest absolute Gasteiger partial charge is 0.406 e. The van der Waals surface area contributed by atoms with Crippen molar-refractivity contribution in [3.8, 4) is 5.75 Å². The summed E-state index contributed by atoms with van der Waals surface area (Å²) in [4.78, 5) is 54.1. The van der Waals surface area contributed by atoms with E-state index in [4.69, 9.17) is 0 Å². The topological polar surface area (TPSA) is 99.3 Å². The van der Waals surface area contributed by atoms with Crippen molar-refractivity contribution in [2.24, 2.45) is 5.92 Å². The second-order valence-corrected chi connectivity index (χ2v) is 8.72. The van der Waals surface area contributed by atoms with E-state index < -0.39 is 30.1 Å². The largest absolute Gasteiger partial charge is 0.573 e. The lowest BCUT2D eigenvalue weighted by Gasteiger charge is -2.35. The van der Waals surface area contributed by atoms with E-state index in [9.17, 15) is 32.3 Å². The third-order valence-corrected chi connectivity index (χ3v) is 6.53. The van der Waals surface area contributed by atoms with Gasteiger partial charge >= 0.3 is 12.4 Å². The number of likely N-dealkylation sites (tertiary alicyclic amines) is 1. The van der Waals surface area contributed by atoms with Crippen molar-refractivity contribution in [1.82, 2.24) is 15.1 Å². The molecule has 0 spiro atoms. The highest BCUT2D eigenvalue weighted by Gasteiger charge is 2.49. The van der Waals surface area contributed by atoms with Gasteiger partial charge in [-0.05, 0) is 49.9 Å². The van der Waals surface area contributed by atoms with Crippen molar-refractivity contribution in [3.05, 3.63) is 24.3 Å². The van der Waals surface area contributed by atoms with Crippen LogP contribution in [-0.2, 0) is 14.4 Å². The van der Waals surface area contributed by atoms with Crippen molar-refractivity contribution >= 4 is 29.4 Å². The van der Waals surface area contributed by atoms with Gasteiger partial charge in [0.1, 0.15) is 11.8 Å². The van der Waals surface area contributed by atoms with Crippen LogP contribution in [-0.4, -0.2) is 71.6 Å². The van der Waals surface area contributed by atoms with Gasteiger partial charge in [-0.3, -0.25) is 14.4 Å². The molecule has 3 heterocycles. The summed E-state index contributed by atoms with van der Waals surface area (Å²) in [7, 11) is 0. The minimum Gasteiger partial charge on any atom is -0.406 e. The van der Waals surface area contributed by atoms with E-state index in [0.29, 0.717) is 32.4 Å². The van der Waals surface area contributed by atoms with Crippen LogP contribution in [0.3, 0.4) is 0 Å². The molecule has 4 rings (SSSR count). The Morgan fingerprint density at radius 3 is 2.26 bits per heavy atom. The van der Waals surface area contributed by atoms with E-state index in [0.717, 1.165) is 17.0 Å². The molecule has 0 aliphatic carbocycles. The number of ether oxygens (including phenoxy) is 1. The third-order valence-electron chi connectivity index (χ3n) is 6.53. The van der Waals surface area contributed by atoms with Crippen LogP contribution in [0.2, 0.25) is 0 Å². The monoisotopic (exact) mass is 482 g/mol. The Morgan fingerprint density at radius 2 is 1.68 bits per heavy atom. The third kappa shape index (κ3) is 4.95. The number of carbonyl (C=O) groups is 4. The van der Waals surface area contributed by atoms with Crippen molar-refractivity contribution in [3.63, 3.8) is 0 Å². The van der Waals surface area contributed by atoms with Crippen LogP contribution >= 0.6 is 0 Å². The Kier molecular flexibility index (Phi) is 6.41. The summed E-state index contributed by atoms with van der Waals surface area (Å²) in [6.45, 7) is 2.84. The normalized spacial score (nSPS) is 23.7. The molecule has 3 saturated heterocycles. The lowest BCUT2D eigenvalue weighted by Crippen LogP contribution is -2.51. The van der Waals surface area contributed by atoms with E-state index in [1.807, 2.05) is 0 Å². The molecule has 2 atom stereocenters. The molecule has 0 saturated carbocycles. The maximum absolute atomic E-state index is 13.0. The first-order valence-electron chi connectivity index (χ1n) is 11.1. The van der Waals surface area contributed by atoms with E-state index in [1.165, 1.54) is 24.0 Å². The van der Waals surface area contributed by atoms with E-state index >= 15 is 0 Å². The summed E-state index contributed by atoms with van der Waals surface area (Å²) in [5.41, 5.74) is 0.150. The Bertz CT molecular complexity index is 976. The van der Waals surface area contributed by atoms with Gasteiger partial charge in [0.25, 0.3) is 5.91 Å². The quantitative estimate of drug-likeness (QED) is 0.664. The minimum atomic E-state index is -4.84. The van der Waals surface area contributed by atoms with Crippen LogP contribution in [0.5, 0.6) is 5.75 Å². The van der Waals surface area contributed by atoms with Crippen molar-refractivity contribution in [2.75, 3.05) is 24.5 Å². The van der Waals surface area contributed by atoms with Crippen molar-refractivity contribution in [1.29, 1.82) is 0 Å².